The molecule has 19 heavy (non-hydrogen) atoms. The van der Waals surface area contributed by atoms with Gasteiger partial charge in [-0.3, -0.25) is 14.5 Å². The van der Waals surface area contributed by atoms with E-state index in [2.05, 4.69) is 4.90 Å². The highest BCUT2D eigenvalue weighted by molar-refractivity contribution is 5.67. The van der Waals surface area contributed by atoms with Crippen molar-refractivity contribution < 1.29 is 19.8 Å². The number of nitrogens with zero attached hydrogens (tertiary/aromatic N) is 1. The Labute approximate surface area is 113 Å². The number of carboxylic acids is 2. The molecule has 5 nitrogen and oxygen atoms in total. The van der Waals surface area contributed by atoms with Crippen LogP contribution in [-0.2, 0) is 9.59 Å². The number of rotatable bonds is 6. The Hall–Kier alpha value is -1.10. The number of piperidine rings is 1. The van der Waals surface area contributed by atoms with Gasteiger partial charge in [0.1, 0.15) is 0 Å². The SMILES string of the molecule is O=C(O)CCC1CC2(CCC2)CCN1CCC(=O)O. The van der Waals surface area contributed by atoms with E-state index in [1.54, 1.807) is 0 Å². The normalized spacial score (nSPS) is 26.0. The molecule has 1 unspecified atom stereocenters. The van der Waals surface area contributed by atoms with Crippen LogP contribution >= 0.6 is 0 Å². The van der Waals surface area contributed by atoms with Crippen molar-refractivity contribution in [3.8, 4) is 0 Å². The Morgan fingerprint density at radius 1 is 1.11 bits per heavy atom. The molecule has 1 saturated heterocycles. The molecule has 1 heterocycles. The van der Waals surface area contributed by atoms with Gasteiger partial charge in [0.2, 0.25) is 0 Å². The molecule has 1 aliphatic carbocycles. The van der Waals surface area contributed by atoms with Crippen LogP contribution in [0, 0.1) is 5.41 Å². The Bertz CT molecular complexity index is 351. The van der Waals surface area contributed by atoms with E-state index in [4.69, 9.17) is 10.2 Å². The van der Waals surface area contributed by atoms with Crippen molar-refractivity contribution in [3.63, 3.8) is 0 Å². The molecule has 5 heteroatoms. The minimum absolute atomic E-state index is 0.149. The fourth-order valence-electron chi connectivity index (χ4n) is 3.53. The maximum absolute atomic E-state index is 10.7. The quantitative estimate of drug-likeness (QED) is 0.770. The summed E-state index contributed by atoms with van der Waals surface area (Å²) in [6, 6.07) is 0.254. The molecule has 0 amide bonds. The van der Waals surface area contributed by atoms with E-state index in [0.29, 0.717) is 18.4 Å². The highest BCUT2D eigenvalue weighted by atomic mass is 16.4. The fourth-order valence-corrected chi connectivity index (χ4v) is 3.53. The number of likely N-dealkylation sites (tertiary alicyclic amines) is 1. The van der Waals surface area contributed by atoms with E-state index in [-0.39, 0.29) is 18.9 Å². The standard InChI is InChI=1S/C14H23NO4/c16-12(17)3-2-11-10-14(5-1-6-14)7-9-15(11)8-4-13(18)19/h11H,1-10H2,(H,16,17)(H,18,19). The summed E-state index contributed by atoms with van der Waals surface area (Å²) in [5.74, 6) is -1.53. The van der Waals surface area contributed by atoms with Gasteiger partial charge in [-0.25, -0.2) is 0 Å². The molecule has 0 bridgehead atoms. The minimum atomic E-state index is -0.777. The van der Waals surface area contributed by atoms with Gasteiger partial charge < -0.3 is 10.2 Å². The van der Waals surface area contributed by atoms with Gasteiger partial charge in [-0.1, -0.05) is 6.42 Å². The third-order valence-corrected chi connectivity index (χ3v) is 4.83. The van der Waals surface area contributed by atoms with Crippen LogP contribution < -0.4 is 0 Å². The highest BCUT2D eigenvalue weighted by Crippen LogP contribution is 2.51. The molecule has 1 aliphatic heterocycles. The van der Waals surface area contributed by atoms with Crippen LogP contribution in [0.4, 0.5) is 0 Å². The first-order chi connectivity index (χ1) is 9.01. The lowest BCUT2D eigenvalue weighted by Gasteiger charge is -2.51. The molecule has 0 aromatic rings. The summed E-state index contributed by atoms with van der Waals surface area (Å²) in [4.78, 5) is 23.6. The lowest BCUT2D eigenvalue weighted by atomic mass is 9.61. The molecule has 2 aliphatic rings. The van der Waals surface area contributed by atoms with Gasteiger partial charge in [0.05, 0.1) is 6.42 Å². The summed E-state index contributed by atoms with van der Waals surface area (Å²) in [7, 11) is 0. The first-order valence-electron chi connectivity index (χ1n) is 7.18. The molecule has 0 aromatic carbocycles. The second kappa shape index (κ2) is 5.90. The van der Waals surface area contributed by atoms with Crippen LogP contribution in [0.25, 0.3) is 0 Å². The largest absolute Gasteiger partial charge is 0.481 e. The lowest BCUT2D eigenvalue weighted by molar-refractivity contribution is -0.139. The maximum atomic E-state index is 10.7. The van der Waals surface area contributed by atoms with Crippen molar-refractivity contribution in [2.75, 3.05) is 13.1 Å². The average Bonchev–Trinajstić information content (AvgIpc) is 2.32. The topological polar surface area (TPSA) is 77.8 Å². The molecule has 0 aromatic heterocycles. The molecule has 108 valence electrons. The zero-order valence-electron chi connectivity index (χ0n) is 11.3. The van der Waals surface area contributed by atoms with Crippen LogP contribution in [0.1, 0.15) is 51.4 Å². The Morgan fingerprint density at radius 2 is 1.79 bits per heavy atom. The predicted octanol–water partition coefficient (Wildman–Crippen LogP) is 1.96. The number of carboxylic acid groups (broad SMARTS) is 2. The van der Waals surface area contributed by atoms with E-state index < -0.39 is 11.9 Å². The second-order valence-electron chi connectivity index (χ2n) is 6.07. The average molecular weight is 269 g/mol. The Kier molecular flexibility index (Phi) is 4.45. The summed E-state index contributed by atoms with van der Waals surface area (Å²) in [6.45, 7) is 1.48. The molecular formula is C14H23NO4. The van der Waals surface area contributed by atoms with Gasteiger partial charge >= 0.3 is 11.9 Å². The van der Waals surface area contributed by atoms with Crippen molar-refractivity contribution in [1.29, 1.82) is 0 Å². The van der Waals surface area contributed by atoms with Crippen LogP contribution in [0.2, 0.25) is 0 Å². The summed E-state index contributed by atoms with van der Waals surface area (Å²) in [6.07, 6.45) is 7.02. The predicted molar refractivity (Wildman–Crippen MR) is 70.0 cm³/mol. The molecule has 1 saturated carbocycles. The van der Waals surface area contributed by atoms with Crippen molar-refractivity contribution in [2.24, 2.45) is 5.41 Å². The van der Waals surface area contributed by atoms with Gasteiger partial charge in [-0.2, -0.15) is 0 Å². The monoisotopic (exact) mass is 269 g/mol. The van der Waals surface area contributed by atoms with Gasteiger partial charge in [-0.15, -0.1) is 0 Å². The third-order valence-electron chi connectivity index (χ3n) is 4.83. The van der Waals surface area contributed by atoms with Crippen molar-refractivity contribution in [3.05, 3.63) is 0 Å². The zero-order valence-corrected chi connectivity index (χ0v) is 11.3. The third kappa shape index (κ3) is 3.69. The first-order valence-corrected chi connectivity index (χ1v) is 7.18. The molecule has 2 N–H and O–H groups in total. The van der Waals surface area contributed by atoms with Crippen molar-refractivity contribution in [1.82, 2.24) is 4.90 Å². The second-order valence-corrected chi connectivity index (χ2v) is 6.07. The molecule has 0 radical (unpaired) electrons. The highest BCUT2D eigenvalue weighted by Gasteiger charge is 2.43. The van der Waals surface area contributed by atoms with Crippen LogP contribution in [0.5, 0.6) is 0 Å². The molecule has 2 fully saturated rings. The Balaban J connectivity index is 1.91. The van der Waals surface area contributed by atoms with Crippen LogP contribution in [-0.4, -0.2) is 46.2 Å². The van der Waals surface area contributed by atoms with E-state index in [1.165, 1.54) is 19.3 Å². The smallest absolute Gasteiger partial charge is 0.304 e. The maximum Gasteiger partial charge on any atom is 0.304 e. The summed E-state index contributed by atoms with van der Waals surface area (Å²) < 4.78 is 0. The molecular weight excluding hydrogens is 246 g/mol. The lowest BCUT2D eigenvalue weighted by Crippen LogP contribution is -2.50. The summed E-state index contributed by atoms with van der Waals surface area (Å²) >= 11 is 0. The van der Waals surface area contributed by atoms with Crippen LogP contribution in [0.3, 0.4) is 0 Å². The van der Waals surface area contributed by atoms with Crippen molar-refractivity contribution in [2.45, 2.75) is 57.4 Å². The number of hydrogen-bond donors (Lipinski definition) is 2. The molecule has 1 spiro atoms. The van der Waals surface area contributed by atoms with Gasteiger partial charge in [0, 0.05) is 19.0 Å². The first kappa shape index (κ1) is 14.3. The van der Waals surface area contributed by atoms with Crippen LogP contribution in [0.15, 0.2) is 0 Å². The van der Waals surface area contributed by atoms with Gasteiger partial charge in [0.15, 0.2) is 0 Å². The van der Waals surface area contributed by atoms with Gasteiger partial charge in [0.25, 0.3) is 0 Å². The van der Waals surface area contributed by atoms with E-state index in [0.717, 1.165) is 19.4 Å². The number of carbonyl (C=O) groups is 2. The summed E-state index contributed by atoms with van der Waals surface area (Å²) in [5.41, 5.74) is 0.447. The molecule has 2 rings (SSSR count). The Morgan fingerprint density at radius 3 is 2.32 bits per heavy atom. The zero-order chi connectivity index (χ0) is 13.9. The fraction of sp³-hybridized carbons (Fsp3) is 0.857. The summed E-state index contributed by atoms with van der Waals surface area (Å²) in [5, 5.41) is 17.6. The number of hydrogen-bond acceptors (Lipinski definition) is 3. The van der Waals surface area contributed by atoms with E-state index >= 15 is 0 Å². The van der Waals surface area contributed by atoms with E-state index in [9.17, 15) is 9.59 Å². The molecule has 1 atom stereocenters. The number of aliphatic carboxylic acids is 2. The van der Waals surface area contributed by atoms with Gasteiger partial charge in [-0.05, 0) is 44.1 Å². The van der Waals surface area contributed by atoms with E-state index in [1.807, 2.05) is 0 Å². The van der Waals surface area contributed by atoms with Crippen molar-refractivity contribution >= 4 is 11.9 Å². The minimum Gasteiger partial charge on any atom is -0.481 e.